The van der Waals surface area contributed by atoms with Gasteiger partial charge in [0.15, 0.2) is 0 Å². The van der Waals surface area contributed by atoms with Crippen molar-refractivity contribution in [1.29, 1.82) is 0 Å². The topological polar surface area (TPSA) is 49.4 Å². The molecule has 0 radical (unpaired) electrons. The molecule has 0 aromatic rings. The fraction of sp³-hybridized carbons (Fsp3) is 0.778. The lowest BCUT2D eigenvalue weighted by molar-refractivity contribution is -0.130. The van der Waals surface area contributed by atoms with Gasteiger partial charge < -0.3 is 0 Å². The third-order valence-corrected chi connectivity index (χ3v) is 2.24. The zero-order valence-electron chi connectivity index (χ0n) is 8.17. The highest BCUT2D eigenvalue weighted by molar-refractivity contribution is 5.80. The summed E-state index contributed by atoms with van der Waals surface area (Å²) >= 11 is 0. The Labute approximate surface area is 78.3 Å². The van der Waals surface area contributed by atoms with E-state index in [0.717, 1.165) is 6.42 Å². The average molecular weight is 184 g/mol. The maximum Gasteiger partial charge on any atom is 0.238 e. The molecule has 0 aliphatic carbocycles. The lowest BCUT2D eigenvalue weighted by atomic mass is 10.2. The van der Waals surface area contributed by atoms with Gasteiger partial charge in [0.1, 0.15) is 5.78 Å². The molecule has 1 fully saturated rings. The first-order valence-electron chi connectivity index (χ1n) is 4.69. The molecule has 1 saturated heterocycles. The summed E-state index contributed by atoms with van der Waals surface area (Å²) in [6, 6.07) is 0.263. The van der Waals surface area contributed by atoms with Crippen LogP contribution in [0.3, 0.4) is 0 Å². The van der Waals surface area contributed by atoms with Crippen LogP contribution in [0.2, 0.25) is 0 Å². The van der Waals surface area contributed by atoms with Gasteiger partial charge in [-0.15, -0.1) is 0 Å². The molecule has 0 aromatic heterocycles. The average Bonchev–Trinajstić information content (AvgIpc) is 2.43. The number of rotatable bonds is 4. The van der Waals surface area contributed by atoms with Crippen molar-refractivity contribution in [1.82, 2.24) is 10.4 Å². The highest BCUT2D eigenvalue weighted by atomic mass is 16.2. The number of Topliss-reactive ketones (excluding diaryl/α,β-unsaturated/α-hetero) is 1. The Morgan fingerprint density at radius 2 is 2.38 bits per heavy atom. The highest BCUT2D eigenvalue weighted by Crippen LogP contribution is 2.10. The van der Waals surface area contributed by atoms with Crippen LogP contribution in [0.25, 0.3) is 0 Å². The maximum absolute atomic E-state index is 11.3. The molecule has 1 amide bonds. The van der Waals surface area contributed by atoms with Crippen LogP contribution in [0.4, 0.5) is 0 Å². The predicted molar refractivity (Wildman–Crippen MR) is 48.8 cm³/mol. The molecule has 0 bridgehead atoms. The number of hydrogen-bond donors (Lipinski definition) is 1. The number of nitrogens with zero attached hydrogens (tertiary/aromatic N) is 1. The number of ketones is 1. The molecular weight excluding hydrogens is 168 g/mol. The van der Waals surface area contributed by atoms with Gasteiger partial charge in [-0.05, 0) is 13.3 Å². The van der Waals surface area contributed by atoms with Gasteiger partial charge in [0.25, 0.3) is 0 Å². The Morgan fingerprint density at radius 3 is 2.85 bits per heavy atom. The molecule has 1 unspecified atom stereocenters. The Bertz CT molecular complexity index is 216. The molecule has 1 N–H and O–H groups in total. The molecule has 74 valence electrons. The molecule has 1 atom stereocenters. The van der Waals surface area contributed by atoms with E-state index >= 15 is 0 Å². The molecule has 1 heterocycles. The molecule has 4 heteroatoms. The Morgan fingerprint density at radius 1 is 1.69 bits per heavy atom. The van der Waals surface area contributed by atoms with E-state index in [1.807, 2.05) is 6.92 Å². The quantitative estimate of drug-likeness (QED) is 0.691. The van der Waals surface area contributed by atoms with Crippen molar-refractivity contribution in [2.24, 2.45) is 0 Å². The van der Waals surface area contributed by atoms with Crippen LogP contribution in [-0.4, -0.2) is 29.3 Å². The van der Waals surface area contributed by atoms with Crippen LogP contribution in [0.5, 0.6) is 0 Å². The van der Waals surface area contributed by atoms with E-state index in [4.69, 9.17) is 0 Å². The zero-order valence-corrected chi connectivity index (χ0v) is 8.17. The van der Waals surface area contributed by atoms with Gasteiger partial charge in [0.05, 0.1) is 0 Å². The SMILES string of the molecule is CCC1CC(=O)N(CCC(C)=O)N1. The van der Waals surface area contributed by atoms with E-state index < -0.39 is 0 Å². The molecular formula is C9H16N2O2. The van der Waals surface area contributed by atoms with E-state index in [0.29, 0.717) is 19.4 Å². The van der Waals surface area contributed by atoms with E-state index in [1.165, 1.54) is 6.92 Å². The number of nitrogens with one attached hydrogen (secondary N) is 1. The molecule has 1 aliphatic rings. The molecule has 13 heavy (non-hydrogen) atoms. The largest absolute Gasteiger partial charge is 0.300 e. The van der Waals surface area contributed by atoms with Gasteiger partial charge >= 0.3 is 0 Å². The van der Waals surface area contributed by atoms with Crippen molar-refractivity contribution in [3.63, 3.8) is 0 Å². The molecule has 0 spiro atoms. The van der Waals surface area contributed by atoms with Crippen LogP contribution in [0.1, 0.15) is 33.1 Å². The van der Waals surface area contributed by atoms with Crippen molar-refractivity contribution in [3.05, 3.63) is 0 Å². The smallest absolute Gasteiger partial charge is 0.238 e. The summed E-state index contributed by atoms with van der Waals surface area (Å²) in [4.78, 5) is 22.0. The van der Waals surface area contributed by atoms with Crippen molar-refractivity contribution < 1.29 is 9.59 Å². The fourth-order valence-corrected chi connectivity index (χ4v) is 1.35. The molecule has 0 aromatic carbocycles. The third kappa shape index (κ3) is 2.81. The van der Waals surface area contributed by atoms with Gasteiger partial charge in [-0.1, -0.05) is 6.92 Å². The normalized spacial score (nSPS) is 22.5. The minimum absolute atomic E-state index is 0.105. The zero-order chi connectivity index (χ0) is 9.84. The summed E-state index contributed by atoms with van der Waals surface area (Å²) < 4.78 is 0. The number of hydrazine groups is 1. The number of carbonyl (C=O) groups is 2. The minimum Gasteiger partial charge on any atom is -0.300 e. The highest BCUT2D eigenvalue weighted by Gasteiger charge is 2.27. The first kappa shape index (κ1) is 10.2. The molecule has 1 rings (SSSR count). The fourth-order valence-electron chi connectivity index (χ4n) is 1.35. The Hall–Kier alpha value is -0.900. The van der Waals surface area contributed by atoms with E-state index in [-0.39, 0.29) is 17.7 Å². The van der Waals surface area contributed by atoms with E-state index in [2.05, 4.69) is 5.43 Å². The summed E-state index contributed by atoms with van der Waals surface area (Å²) in [5.74, 6) is 0.225. The lowest BCUT2D eigenvalue weighted by Gasteiger charge is -2.16. The van der Waals surface area contributed by atoms with Crippen LogP contribution >= 0.6 is 0 Å². The summed E-state index contributed by atoms with van der Waals surface area (Å²) in [6.07, 6.45) is 1.95. The van der Waals surface area contributed by atoms with Crippen molar-refractivity contribution in [2.45, 2.75) is 39.2 Å². The first-order valence-corrected chi connectivity index (χ1v) is 4.69. The molecule has 1 aliphatic heterocycles. The summed E-state index contributed by atoms with van der Waals surface area (Å²) in [5.41, 5.74) is 3.08. The van der Waals surface area contributed by atoms with Crippen LogP contribution in [0.15, 0.2) is 0 Å². The van der Waals surface area contributed by atoms with E-state index in [1.54, 1.807) is 5.01 Å². The van der Waals surface area contributed by atoms with Crippen LogP contribution in [0, 0.1) is 0 Å². The second kappa shape index (κ2) is 4.37. The van der Waals surface area contributed by atoms with Crippen molar-refractivity contribution in [3.8, 4) is 0 Å². The Kier molecular flexibility index (Phi) is 3.42. The molecule has 4 nitrogen and oxygen atoms in total. The van der Waals surface area contributed by atoms with Crippen LogP contribution < -0.4 is 5.43 Å². The first-order chi connectivity index (χ1) is 6.13. The summed E-state index contributed by atoms with van der Waals surface area (Å²) in [7, 11) is 0. The second-order valence-electron chi connectivity index (χ2n) is 3.44. The minimum atomic E-state index is 0.105. The monoisotopic (exact) mass is 184 g/mol. The van der Waals surface area contributed by atoms with Gasteiger partial charge in [-0.2, -0.15) is 0 Å². The lowest BCUT2D eigenvalue weighted by Crippen LogP contribution is -2.38. The molecule has 0 saturated carbocycles. The van der Waals surface area contributed by atoms with Crippen molar-refractivity contribution in [2.75, 3.05) is 6.54 Å². The van der Waals surface area contributed by atoms with Crippen LogP contribution in [-0.2, 0) is 9.59 Å². The van der Waals surface area contributed by atoms with Crippen molar-refractivity contribution >= 4 is 11.7 Å². The van der Waals surface area contributed by atoms with Gasteiger partial charge in [0, 0.05) is 25.4 Å². The predicted octanol–water partition coefficient (Wildman–Crippen LogP) is 0.481. The second-order valence-corrected chi connectivity index (χ2v) is 3.44. The number of carbonyl (C=O) groups excluding carboxylic acids is 2. The van der Waals surface area contributed by atoms with Gasteiger partial charge in [-0.3, -0.25) is 14.6 Å². The Balaban J connectivity index is 2.35. The van der Waals surface area contributed by atoms with Gasteiger partial charge in [-0.25, -0.2) is 5.43 Å². The third-order valence-electron chi connectivity index (χ3n) is 2.24. The summed E-state index contributed by atoms with van der Waals surface area (Å²) in [6.45, 7) is 4.09. The number of hydrogen-bond acceptors (Lipinski definition) is 3. The number of amides is 1. The van der Waals surface area contributed by atoms with Gasteiger partial charge in [0.2, 0.25) is 5.91 Å². The summed E-state index contributed by atoms with van der Waals surface area (Å²) in [5, 5.41) is 1.57. The standard InChI is InChI=1S/C9H16N2O2/c1-3-8-6-9(13)11(10-8)5-4-7(2)12/h8,10H,3-6H2,1-2H3. The maximum atomic E-state index is 11.3. The van der Waals surface area contributed by atoms with E-state index in [9.17, 15) is 9.59 Å².